The SMILES string of the molecule is COC(=O)c1c2ccc(c1C(=O)OC)CCCCCC2. The second-order valence-corrected chi connectivity index (χ2v) is 5.03. The average Bonchev–Trinajstić information content (AvgIpc) is 2.50. The number of hydrogen-bond acceptors (Lipinski definition) is 4. The van der Waals surface area contributed by atoms with Crippen LogP contribution in [0.4, 0.5) is 0 Å². The number of fused-ring (bicyclic) bond motifs is 7. The summed E-state index contributed by atoms with van der Waals surface area (Å²) in [6, 6.07) is 3.89. The Bertz CT molecular complexity index is 472. The van der Waals surface area contributed by atoms with Gasteiger partial charge >= 0.3 is 11.9 Å². The van der Waals surface area contributed by atoms with Gasteiger partial charge in [0.2, 0.25) is 0 Å². The molecule has 2 bridgehead atoms. The lowest BCUT2D eigenvalue weighted by molar-refractivity contribution is 0.0553. The van der Waals surface area contributed by atoms with E-state index in [2.05, 4.69) is 0 Å². The molecule has 20 heavy (non-hydrogen) atoms. The molecule has 0 unspecified atom stereocenters. The summed E-state index contributed by atoms with van der Waals surface area (Å²) in [4.78, 5) is 24.2. The normalized spacial score (nSPS) is 14.7. The number of aryl methyl sites for hydroxylation is 2. The molecular formula is C16H20O4. The number of methoxy groups -OCH3 is 2. The van der Waals surface area contributed by atoms with E-state index in [1.165, 1.54) is 14.2 Å². The van der Waals surface area contributed by atoms with Crippen LogP contribution in [0.25, 0.3) is 0 Å². The number of ether oxygens (including phenoxy) is 2. The number of esters is 2. The van der Waals surface area contributed by atoms with Gasteiger partial charge in [0.1, 0.15) is 0 Å². The molecule has 0 aromatic heterocycles. The summed E-state index contributed by atoms with van der Waals surface area (Å²) in [5.74, 6) is -0.911. The Morgan fingerprint density at radius 2 is 1.20 bits per heavy atom. The Balaban J connectivity index is 2.63. The zero-order valence-electron chi connectivity index (χ0n) is 12.0. The zero-order chi connectivity index (χ0) is 14.5. The fraction of sp³-hybridized carbons (Fsp3) is 0.500. The predicted octanol–water partition coefficient (Wildman–Crippen LogP) is 2.92. The van der Waals surface area contributed by atoms with Crippen LogP contribution in [0.15, 0.2) is 12.1 Å². The average molecular weight is 276 g/mol. The summed E-state index contributed by atoms with van der Waals surface area (Å²) in [6.07, 6.45) is 5.90. The first-order valence-electron chi connectivity index (χ1n) is 7.00. The molecule has 0 spiro atoms. The van der Waals surface area contributed by atoms with Crippen LogP contribution in [0.2, 0.25) is 0 Å². The summed E-state index contributed by atoms with van der Waals surface area (Å²) < 4.78 is 9.73. The van der Waals surface area contributed by atoms with Crippen LogP contribution in [-0.4, -0.2) is 26.2 Å². The highest BCUT2D eigenvalue weighted by atomic mass is 16.5. The van der Waals surface area contributed by atoms with E-state index >= 15 is 0 Å². The minimum atomic E-state index is -0.456. The molecule has 0 aliphatic heterocycles. The van der Waals surface area contributed by atoms with Crippen LogP contribution in [0.3, 0.4) is 0 Å². The third-order valence-electron chi connectivity index (χ3n) is 3.80. The van der Waals surface area contributed by atoms with Gasteiger partial charge in [0, 0.05) is 0 Å². The smallest absolute Gasteiger partial charge is 0.339 e. The second kappa shape index (κ2) is 6.55. The first kappa shape index (κ1) is 14.6. The van der Waals surface area contributed by atoms with E-state index in [0.717, 1.165) is 49.7 Å². The molecule has 0 atom stereocenters. The van der Waals surface area contributed by atoms with Crippen molar-refractivity contribution in [3.8, 4) is 0 Å². The van der Waals surface area contributed by atoms with Crippen molar-refractivity contribution in [2.24, 2.45) is 0 Å². The highest BCUT2D eigenvalue weighted by Crippen LogP contribution is 2.26. The van der Waals surface area contributed by atoms with Gasteiger partial charge in [-0.25, -0.2) is 9.59 Å². The maximum Gasteiger partial charge on any atom is 0.339 e. The van der Waals surface area contributed by atoms with E-state index in [4.69, 9.17) is 9.47 Å². The second-order valence-electron chi connectivity index (χ2n) is 5.03. The van der Waals surface area contributed by atoms with Crippen LogP contribution in [0.1, 0.15) is 57.5 Å². The molecule has 0 fully saturated rings. The maximum atomic E-state index is 12.1. The molecule has 0 radical (unpaired) electrons. The molecule has 0 heterocycles. The maximum absolute atomic E-state index is 12.1. The van der Waals surface area contributed by atoms with E-state index in [-0.39, 0.29) is 0 Å². The number of carbonyl (C=O) groups is 2. The summed E-state index contributed by atoms with van der Waals surface area (Å²) in [6.45, 7) is 0. The van der Waals surface area contributed by atoms with E-state index in [1.54, 1.807) is 0 Å². The highest BCUT2D eigenvalue weighted by molar-refractivity contribution is 6.05. The van der Waals surface area contributed by atoms with Crippen molar-refractivity contribution in [3.63, 3.8) is 0 Å². The molecule has 2 aliphatic rings. The Morgan fingerprint density at radius 3 is 1.55 bits per heavy atom. The van der Waals surface area contributed by atoms with E-state index < -0.39 is 11.9 Å². The standard InChI is InChI=1S/C16H20O4/c1-19-15(17)13-11-7-5-3-4-6-8-12(10-9-11)14(13)16(18)20-2/h9-10H,3-8H2,1-2H3. The molecule has 3 rings (SSSR count). The fourth-order valence-corrected chi connectivity index (χ4v) is 2.76. The van der Waals surface area contributed by atoms with Gasteiger partial charge in [-0.3, -0.25) is 0 Å². The first-order valence-corrected chi connectivity index (χ1v) is 7.00. The Kier molecular flexibility index (Phi) is 4.77. The molecule has 1 aromatic rings. The summed E-state index contributed by atoms with van der Waals surface area (Å²) in [7, 11) is 2.68. The zero-order valence-corrected chi connectivity index (χ0v) is 12.0. The molecule has 4 nitrogen and oxygen atoms in total. The van der Waals surface area contributed by atoms with Gasteiger partial charge in [-0.15, -0.1) is 0 Å². The van der Waals surface area contributed by atoms with Gasteiger partial charge in [-0.1, -0.05) is 25.0 Å². The number of carbonyl (C=O) groups excluding carboxylic acids is 2. The Morgan fingerprint density at radius 1 is 0.800 bits per heavy atom. The molecule has 0 N–H and O–H groups in total. The molecule has 1 aromatic carbocycles. The third kappa shape index (κ3) is 2.84. The molecule has 0 saturated heterocycles. The highest BCUT2D eigenvalue weighted by Gasteiger charge is 2.25. The van der Waals surface area contributed by atoms with E-state index in [1.807, 2.05) is 12.1 Å². The van der Waals surface area contributed by atoms with Crippen LogP contribution >= 0.6 is 0 Å². The van der Waals surface area contributed by atoms with Crippen molar-refractivity contribution in [2.75, 3.05) is 14.2 Å². The lowest BCUT2D eigenvalue weighted by Crippen LogP contribution is -2.18. The van der Waals surface area contributed by atoms with Crippen LogP contribution in [0.5, 0.6) is 0 Å². The first-order chi connectivity index (χ1) is 9.69. The number of benzene rings is 1. The van der Waals surface area contributed by atoms with Gasteiger partial charge in [0.05, 0.1) is 25.3 Å². The monoisotopic (exact) mass is 276 g/mol. The van der Waals surface area contributed by atoms with Gasteiger partial charge in [-0.05, 0) is 36.8 Å². The number of rotatable bonds is 2. The van der Waals surface area contributed by atoms with Gasteiger partial charge in [-0.2, -0.15) is 0 Å². The summed E-state index contributed by atoms with van der Waals surface area (Å²) >= 11 is 0. The van der Waals surface area contributed by atoms with Gasteiger partial charge < -0.3 is 9.47 Å². The Labute approximate surface area is 119 Å². The van der Waals surface area contributed by atoms with Crippen LogP contribution in [0, 0.1) is 0 Å². The van der Waals surface area contributed by atoms with Crippen LogP contribution in [-0.2, 0) is 22.3 Å². The lowest BCUT2D eigenvalue weighted by atomic mass is 9.89. The topological polar surface area (TPSA) is 52.6 Å². The van der Waals surface area contributed by atoms with Crippen molar-refractivity contribution in [1.82, 2.24) is 0 Å². The molecular weight excluding hydrogens is 256 g/mol. The van der Waals surface area contributed by atoms with Crippen molar-refractivity contribution in [2.45, 2.75) is 38.5 Å². The fourth-order valence-electron chi connectivity index (χ4n) is 2.76. The molecule has 0 amide bonds. The van der Waals surface area contributed by atoms with Gasteiger partial charge in [0.25, 0.3) is 0 Å². The van der Waals surface area contributed by atoms with Crippen molar-refractivity contribution in [3.05, 3.63) is 34.4 Å². The van der Waals surface area contributed by atoms with Crippen molar-refractivity contribution in [1.29, 1.82) is 0 Å². The van der Waals surface area contributed by atoms with E-state index in [0.29, 0.717) is 11.1 Å². The summed E-state index contributed by atoms with van der Waals surface area (Å²) in [5.41, 5.74) is 2.53. The minimum Gasteiger partial charge on any atom is -0.465 e. The van der Waals surface area contributed by atoms with Crippen molar-refractivity contribution < 1.29 is 19.1 Å². The predicted molar refractivity (Wildman–Crippen MR) is 75.0 cm³/mol. The Hall–Kier alpha value is -1.84. The van der Waals surface area contributed by atoms with Crippen molar-refractivity contribution >= 4 is 11.9 Å². The largest absolute Gasteiger partial charge is 0.465 e. The quantitative estimate of drug-likeness (QED) is 0.779. The third-order valence-corrected chi connectivity index (χ3v) is 3.80. The lowest BCUT2D eigenvalue weighted by Gasteiger charge is -2.17. The van der Waals surface area contributed by atoms with Crippen LogP contribution < -0.4 is 0 Å². The summed E-state index contributed by atoms with van der Waals surface area (Å²) in [5, 5.41) is 0. The molecule has 0 saturated carbocycles. The minimum absolute atomic E-state index is 0.388. The molecule has 108 valence electrons. The van der Waals surface area contributed by atoms with E-state index in [9.17, 15) is 9.59 Å². The van der Waals surface area contributed by atoms with Gasteiger partial charge in [0.15, 0.2) is 0 Å². The molecule has 2 aliphatic carbocycles. The number of hydrogen-bond donors (Lipinski definition) is 0. The molecule has 4 heteroatoms.